The van der Waals surface area contributed by atoms with E-state index in [1.54, 1.807) is 78.9 Å². The van der Waals surface area contributed by atoms with Crippen molar-refractivity contribution in [3.63, 3.8) is 0 Å². The van der Waals surface area contributed by atoms with Crippen LogP contribution < -0.4 is 0 Å². The van der Waals surface area contributed by atoms with Crippen molar-refractivity contribution in [2.24, 2.45) is 0 Å². The summed E-state index contributed by atoms with van der Waals surface area (Å²) in [7, 11) is 0. The van der Waals surface area contributed by atoms with Crippen LogP contribution in [-0.2, 0) is 6.18 Å². The minimum Gasteiger partial charge on any atom is -0.310 e. The first kappa shape index (κ1) is 89.3. The van der Waals surface area contributed by atoms with E-state index in [4.69, 9.17) is 39.4 Å². The molecule has 0 saturated heterocycles. The van der Waals surface area contributed by atoms with Crippen molar-refractivity contribution in [1.82, 2.24) is 18.3 Å². The largest absolute Gasteiger partial charge is 0.416 e. The number of aromatic nitrogens is 4. The van der Waals surface area contributed by atoms with Gasteiger partial charge in [0, 0.05) is 87.7 Å². The van der Waals surface area contributed by atoms with Gasteiger partial charge in [-0.3, -0.25) is 0 Å². The van der Waals surface area contributed by atoms with Crippen LogP contribution in [0, 0.1) is 137 Å². The second-order valence-corrected chi connectivity index (χ2v) is 34.7. The summed E-state index contributed by atoms with van der Waals surface area (Å²) in [5.41, 5.74) is 24.1. The molecule has 0 amide bonds. The van der Waals surface area contributed by atoms with Crippen molar-refractivity contribution < 1.29 is 13.2 Å². The van der Waals surface area contributed by atoms with E-state index in [1.807, 2.05) is 161 Å². The second-order valence-electron chi connectivity index (χ2n) is 34.7. The molecule has 666 valence electrons. The van der Waals surface area contributed by atoms with Crippen molar-refractivity contribution in [2.45, 2.75) is 13.1 Å². The highest BCUT2D eigenvalue weighted by molar-refractivity contribution is 6.17. The summed E-state index contributed by atoms with van der Waals surface area (Å²) in [6.45, 7) is 48.9. The summed E-state index contributed by atoms with van der Waals surface area (Å²) in [4.78, 5) is 21.9. The molecule has 21 heteroatoms. The minimum atomic E-state index is -4.82. The van der Waals surface area contributed by atoms with Gasteiger partial charge in [-0.15, -0.1) is 0 Å². The molecular formula is C124H59F3N18. The fraction of sp³-hybridized carbons (Fsp3) is 0.0161. The molecule has 22 rings (SSSR count). The lowest BCUT2D eigenvalue weighted by Gasteiger charge is -2.21. The molecule has 0 N–H and O–H groups in total. The summed E-state index contributed by atoms with van der Waals surface area (Å²) in [6.07, 6.45) is -4.82. The third-order valence-corrected chi connectivity index (χ3v) is 26.2. The highest BCUT2D eigenvalue weighted by Crippen LogP contribution is 2.50. The summed E-state index contributed by atoms with van der Waals surface area (Å²) >= 11 is 0. The number of hydrogen-bond acceptors (Lipinski definition) is 8. The molecule has 0 unspecified atom stereocenters. The highest BCUT2D eigenvalue weighted by Gasteiger charge is 2.34. The van der Waals surface area contributed by atoms with Gasteiger partial charge in [-0.05, 0) is 298 Å². The topological polar surface area (TPSA) is 236 Å². The molecule has 22 aromatic rings. The van der Waals surface area contributed by atoms with Gasteiger partial charge in [-0.25, -0.2) is 29.1 Å². The Kier molecular flexibility index (Phi) is 22.3. The lowest BCUT2D eigenvalue weighted by atomic mass is 9.97. The Labute approximate surface area is 826 Å². The Bertz CT molecular complexity index is 9740. The molecule has 0 fully saturated rings. The maximum atomic E-state index is 15.3. The zero-order valence-electron chi connectivity index (χ0n) is 76.0. The molecule has 0 aliphatic carbocycles. The Morgan fingerprint density at radius 3 is 0.821 bits per heavy atom. The van der Waals surface area contributed by atoms with E-state index >= 15 is 13.2 Å². The third kappa shape index (κ3) is 15.9. The van der Waals surface area contributed by atoms with Crippen LogP contribution in [0.1, 0.15) is 55.6 Å². The molecule has 4 heterocycles. The van der Waals surface area contributed by atoms with Crippen molar-refractivity contribution in [2.75, 3.05) is 0 Å². The average Bonchev–Trinajstić information content (AvgIpc) is 1.57. The van der Waals surface area contributed by atoms with Crippen LogP contribution in [0.15, 0.2) is 340 Å². The normalized spacial score (nSPS) is 10.9. The monoisotopic (exact) mass is 1860 g/mol. The molecule has 4 aromatic heterocycles. The van der Waals surface area contributed by atoms with Crippen LogP contribution >= 0.6 is 0 Å². The summed E-state index contributed by atoms with van der Waals surface area (Å²) in [5.74, 6) is 0. The van der Waals surface area contributed by atoms with Crippen molar-refractivity contribution in [3.8, 4) is 160 Å². The van der Waals surface area contributed by atoms with Crippen LogP contribution in [-0.4, -0.2) is 18.3 Å². The van der Waals surface area contributed by atoms with Gasteiger partial charge in [-0.1, -0.05) is 121 Å². The molecule has 0 atom stereocenters. The third-order valence-electron chi connectivity index (χ3n) is 26.2. The zero-order valence-corrected chi connectivity index (χ0v) is 76.0. The number of halogens is 3. The SMILES string of the molecule is [C-]#[N+]c1cc(C#N)cc(-c2ccc3c(c2)c2cc(-c4cc([N+]#[C-])cc([N+]#[C-])c4)ccc2n3-c2ccc(C(F)(F)F)cc2-c2ccc([N+]#[C-])cc2-n2c3ccc(-c4cc(C#N)cc(C#N)c4)cc3c3cc(-c4cc(C#N)cc(C#N)c4)ccc32)c1.[C-]#[N+]c1cc(C#N)cc(-c2ccc3c(c2)c2ccccc2n3-c2ccc(C)cc2-c2ccc(C#N)cc2-n2c3ccccc3c3cc(-c4cc(C#N)cc([N+]#[C-])c4)ccc32)c1. The Morgan fingerprint density at radius 2 is 0.483 bits per heavy atom. The van der Waals surface area contributed by atoms with E-state index in [-0.39, 0.29) is 56.1 Å². The molecule has 0 aliphatic heterocycles. The molecule has 0 bridgehead atoms. The van der Waals surface area contributed by atoms with Crippen molar-refractivity contribution in [3.05, 3.63) is 464 Å². The summed E-state index contributed by atoms with van der Waals surface area (Å²) in [6, 6.07) is 119. The van der Waals surface area contributed by atoms with Gasteiger partial charge in [-0.2, -0.15) is 55.3 Å². The molecule has 0 saturated carbocycles. The number of aryl methyl sites for hydroxylation is 1. The van der Waals surface area contributed by atoms with Gasteiger partial charge in [0.15, 0.2) is 34.1 Å². The summed E-state index contributed by atoms with van der Waals surface area (Å²) in [5, 5.41) is 86.2. The van der Waals surface area contributed by atoms with Crippen LogP contribution in [0.3, 0.4) is 0 Å². The molecule has 0 radical (unpaired) electrons. The quantitative estimate of drug-likeness (QED) is 0.106. The lowest BCUT2D eigenvalue weighted by Crippen LogP contribution is -2.08. The maximum Gasteiger partial charge on any atom is 0.416 e. The van der Waals surface area contributed by atoms with E-state index in [2.05, 4.69) is 160 Å². The second kappa shape index (κ2) is 36.1. The van der Waals surface area contributed by atoms with E-state index in [0.29, 0.717) is 133 Å². The molecule has 0 aliphatic rings. The van der Waals surface area contributed by atoms with Gasteiger partial charge in [0.25, 0.3) is 0 Å². The smallest absolute Gasteiger partial charge is 0.310 e. The number of fused-ring (bicyclic) bond motifs is 12. The van der Waals surface area contributed by atoms with E-state index in [9.17, 15) is 42.1 Å². The number of alkyl halides is 3. The molecular weight excluding hydrogens is 1800 g/mol. The number of nitrogens with zero attached hydrogens (tertiary/aromatic N) is 18. The van der Waals surface area contributed by atoms with Gasteiger partial charge in [0.2, 0.25) is 0 Å². The maximum absolute atomic E-state index is 15.3. The number of benzene rings is 18. The predicted molar refractivity (Wildman–Crippen MR) is 559 cm³/mol. The summed E-state index contributed by atoms with van der Waals surface area (Å²) < 4.78 is 54.3. The Balaban J connectivity index is 0.000000179. The van der Waals surface area contributed by atoms with Crippen LogP contribution in [0.25, 0.3) is 228 Å². The van der Waals surface area contributed by atoms with Gasteiger partial charge < -0.3 is 18.3 Å². The Hall–Kier alpha value is -22.2. The molecule has 18 nitrogen and oxygen atoms in total. The first-order valence-electron chi connectivity index (χ1n) is 44.9. The molecule has 18 aromatic carbocycles. The molecule has 145 heavy (non-hydrogen) atoms. The fourth-order valence-corrected chi connectivity index (χ4v) is 19.8. The van der Waals surface area contributed by atoms with Gasteiger partial charge >= 0.3 is 6.18 Å². The van der Waals surface area contributed by atoms with E-state index < -0.39 is 11.7 Å². The number of rotatable bonds is 12. The van der Waals surface area contributed by atoms with Crippen LogP contribution in [0.4, 0.5) is 47.3 Å². The number of nitriles is 8. The average molecular weight is 1860 g/mol. The van der Waals surface area contributed by atoms with E-state index in [0.717, 1.165) is 106 Å². The standard InChI is InChI=1S/C70H30F3N11.C54H29N7/c1-79-54-10-11-58(69(34-54)84-66-14-5-45(49-19-40(35-74)17-41(20-49)36-75)28-61(66)62-29-46(6-15-67(62)84)50-21-42(37-76)18-43(22-50)38-77)63-32-53(70(71,72)73)9-16-68(63)83-64-12-7-47(51-23-44(39-78)24-55(25-51)80-2)30-59(64)60-31-48(8-13-65(60)83)52-26-56(81-3)33-57(27-52)82-4;1-33-12-17-51(60-49-10-6-4-8-43(49)47-28-37(14-18-52(47)60)39-21-35(31-56)23-41(26-39)58-2)46(20-33)45-16-13-34(30-55)25-54(45)61-50-11-7-5-9-44(50)48-29-38(15-19-53(48)61)40-22-36(32-57)24-42(27-40)59-3/h5-34H;4-29H,1H3. The minimum absolute atomic E-state index is 0.135. The van der Waals surface area contributed by atoms with Crippen molar-refractivity contribution in [1.29, 1.82) is 42.1 Å². The van der Waals surface area contributed by atoms with Crippen LogP contribution in [0.5, 0.6) is 0 Å². The highest BCUT2D eigenvalue weighted by atomic mass is 19.4. The van der Waals surface area contributed by atoms with Crippen LogP contribution in [0.2, 0.25) is 0 Å². The van der Waals surface area contributed by atoms with Gasteiger partial charge in [0.05, 0.1) is 183 Å². The first-order valence-corrected chi connectivity index (χ1v) is 44.9. The number of hydrogen-bond donors (Lipinski definition) is 0. The predicted octanol–water partition coefficient (Wildman–Crippen LogP) is 32.7. The number of para-hydroxylation sites is 2. The lowest BCUT2D eigenvalue weighted by molar-refractivity contribution is -0.137. The Morgan fingerprint density at radius 1 is 0.207 bits per heavy atom. The van der Waals surface area contributed by atoms with Gasteiger partial charge in [0.1, 0.15) is 0 Å². The van der Waals surface area contributed by atoms with Crippen molar-refractivity contribution >= 4 is 121 Å². The van der Waals surface area contributed by atoms with E-state index in [1.165, 1.54) is 30.3 Å². The first-order chi connectivity index (χ1) is 70.6. The fourth-order valence-electron chi connectivity index (χ4n) is 19.8. The molecule has 0 spiro atoms. The zero-order chi connectivity index (χ0) is 100.